The van der Waals surface area contributed by atoms with Gasteiger partial charge < -0.3 is 14.8 Å². The molecule has 184 valence electrons. The Kier molecular flexibility index (Phi) is 9.19. The number of hydrogen-bond acceptors (Lipinski definition) is 4. The second kappa shape index (κ2) is 12.9. The number of amides is 1. The first kappa shape index (κ1) is 26.3. The molecule has 1 N–H and O–H groups in total. The van der Waals surface area contributed by atoms with Crippen LogP contribution in [0, 0.1) is 14.9 Å². The normalized spacial score (nSPS) is 10.9. The van der Waals surface area contributed by atoms with Gasteiger partial charge >= 0.3 is 0 Å². The van der Waals surface area contributed by atoms with E-state index in [1.165, 1.54) is 0 Å². The number of ether oxygens (including phenoxy) is 2. The fourth-order valence-electron chi connectivity index (χ4n) is 3.38. The first-order chi connectivity index (χ1) is 18.0. The molecule has 0 aliphatic heterocycles. The summed E-state index contributed by atoms with van der Waals surface area (Å²) < 4.78 is 12.5. The van der Waals surface area contributed by atoms with Gasteiger partial charge in [0.1, 0.15) is 36.4 Å². The highest BCUT2D eigenvalue weighted by atomic mass is 127. The predicted octanol–water partition coefficient (Wildman–Crippen LogP) is 7.65. The van der Waals surface area contributed by atoms with E-state index in [1.807, 2.05) is 72.8 Å². The monoisotopic (exact) mass is 620 g/mol. The zero-order valence-electron chi connectivity index (χ0n) is 19.7. The first-order valence-electron chi connectivity index (χ1n) is 11.4. The molecule has 0 aliphatic rings. The third-order valence-corrected chi connectivity index (χ3v) is 6.55. The molecule has 5 nitrogen and oxygen atoms in total. The van der Waals surface area contributed by atoms with Gasteiger partial charge in [0, 0.05) is 16.3 Å². The van der Waals surface area contributed by atoms with E-state index in [4.69, 9.17) is 21.1 Å². The van der Waals surface area contributed by atoms with Gasteiger partial charge in [0.2, 0.25) is 0 Å². The van der Waals surface area contributed by atoms with E-state index in [-0.39, 0.29) is 5.57 Å². The molecule has 4 aromatic carbocycles. The van der Waals surface area contributed by atoms with Crippen LogP contribution in [0.2, 0.25) is 5.02 Å². The van der Waals surface area contributed by atoms with E-state index in [0.717, 1.165) is 14.7 Å². The van der Waals surface area contributed by atoms with Crippen LogP contribution in [0.1, 0.15) is 16.7 Å². The summed E-state index contributed by atoms with van der Waals surface area (Å²) in [4.78, 5) is 12.7. The summed E-state index contributed by atoms with van der Waals surface area (Å²) in [6.07, 6.45) is 1.55. The van der Waals surface area contributed by atoms with Crippen molar-refractivity contribution in [2.24, 2.45) is 0 Å². The number of nitrogens with zero attached hydrogens (tertiary/aromatic N) is 1. The number of nitrogens with one attached hydrogen (secondary N) is 1. The first-order valence-corrected chi connectivity index (χ1v) is 12.8. The van der Waals surface area contributed by atoms with Gasteiger partial charge in [-0.2, -0.15) is 5.26 Å². The number of anilines is 1. The number of halogens is 2. The molecular weight excluding hydrogens is 599 g/mol. The maximum atomic E-state index is 12.7. The van der Waals surface area contributed by atoms with Gasteiger partial charge in [-0.3, -0.25) is 4.79 Å². The quantitative estimate of drug-likeness (QED) is 0.119. The molecule has 4 aromatic rings. The van der Waals surface area contributed by atoms with Crippen LogP contribution in [-0.2, 0) is 18.0 Å². The Morgan fingerprint density at radius 3 is 2.35 bits per heavy atom. The zero-order valence-corrected chi connectivity index (χ0v) is 22.6. The molecule has 0 saturated carbocycles. The minimum atomic E-state index is -0.491. The van der Waals surface area contributed by atoms with Crippen molar-refractivity contribution in [3.05, 3.63) is 128 Å². The lowest BCUT2D eigenvalue weighted by Gasteiger charge is -2.10. The van der Waals surface area contributed by atoms with Crippen molar-refractivity contribution < 1.29 is 14.3 Å². The van der Waals surface area contributed by atoms with Gasteiger partial charge in [-0.05, 0) is 82.3 Å². The highest BCUT2D eigenvalue weighted by Crippen LogP contribution is 2.26. The lowest BCUT2D eigenvalue weighted by Crippen LogP contribution is -2.13. The fraction of sp³-hybridized carbons (Fsp3) is 0.0667. The molecule has 0 aliphatic carbocycles. The molecule has 0 bridgehead atoms. The van der Waals surface area contributed by atoms with Crippen molar-refractivity contribution in [1.82, 2.24) is 0 Å². The second-order valence-corrected chi connectivity index (χ2v) is 9.56. The minimum absolute atomic E-state index is 0.00931. The maximum Gasteiger partial charge on any atom is 0.266 e. The Morgan fingerprint density at radius 2 is 1.65 bits per heavy atom. The number of carbonyl (C=O) groups is 1. The SMILES string of the molecule is N#C/C(=C\c1ccc(OCc2ccccc2Cl)c(I)c1)C(=O)Nc1ccc(OCc2ccccc2)cc1. The van der Waals surface area contributed by atoms with Crippen LogP contribution < -0.4 is 14.8 Å². The fourth-order valence-corrected chi connectivity index (χ4v) is 4.27. The number of rotatable bonds is 9. The Hall–Kier alpha value is -3.80. The van der Waals surface area contributed by atoms with E-state index in [1.54, 1.807) is 36.4 Å². The van der Waals surface area contributed by atoms with E-state index < -0.39 is 5.91 Å². The van der Waals surface area contributed by atoms with Gasteiger partial charge in [0.05, 0.1) is 3.57 Å². The highest BCUT2D eigenvalue weighted by Gasteiger charge is 2.11. The van der Waals surface area contributed by atoms with Crippen LogP contribution >= 0.6 is 34.2 Å². The number of carbonyl (C=O) groups excluding carboxylic acids is 1. The summed E-state index contributed by atoms with van der Waals surface area (Å²) in [5, 5.41) is 13.0. The van der Waals surface area contributed by atoms with Crippen LogP contribution in [0.4, 0.5) is 5.69 Å². The molecule has 0 heterocycles. The minimum Gasteiger partial charge on any atom is -0.489 e. The largest absolute Gasteiger partial charge is 0.489 e. The smallest absolute Gasteiger partial charge is 0.266 e. The summed E-state index contributed by atoms with van der Waals surface area (Å²) in [5.41, 5.74) is 3.23. The molecule has 0 aromatic heterocycles. The standard InChI is InChI=1S/C30H22ClIN2O3/c31-27-9-5-4-8-23(27)20-37-29-15-10-22(17-28(29)32)16-24(18-33)30(35)34-25-11-13-26(14-12-25)36-19-21-6-2-1-3-7-21/h1-17H,19-20H2,(H,34,35)/b24-16+. The van der Waals surface area contributed by atoms with E-state index >= 15 is 0 Å². The predicted molar refractivity (Wildman–Crippen MR) is 154 cm³/mol. The molecule has 1 amide bonds. The Balaban J connectivity index is 1.36. The molecule has 37 heavy (non-hydrogen) atoms. The van der Waals surface area contributed by atoms with E-state index in [9.17, 15) is 10.1 Å². The van der Waals surface area contributed by atoms with Crippen molar-refractivity contribution in [2.45, 2.75) is 13.2 Å². The highest BCUT2D eigenvalue weighted by molar-refractivity contribution is 14.1. The summed E-state index contributed by atoms with van der Waals surface area (Å²) in [7, 11) is 0. The van der Waals surface area contributed by atoms with Crippen molar-refractivity contribution >= 4 is 51.9 Å². The molecule has 0 spiro atoms. The molecule has 4 rings (SSSR count). The van der Waals surface area contributed by atoms with Crippen molar-refractivity contribution in [1.29, 1.82) is 5.26 Å². The molecule has 0 radical (unpaired) electrons. The molecule has 0 fully saturated rings. The van der Waals surface area contributed by atoms with Crippen molar-refractivity contribution in [3.8, 4) is 17.6 Å². The van der Waals surface area contributed by atoms with E-state index in [2.05, 4.69) is 27.9 Å². The third-order valence-electron chi connectivity index (χ3n) is 5.33. The Morgan fingerprint density at radius 1 is 0.919 bits per heavy atom. The van der Waals surface area contributed by atoms with Crippen LogP contribution in [-0.4, -0.2) is 5.91 Å². The average Bonchev–Trinajstić information content (AvgIpc) is 2.92. The van der Waals surface area contributed by atoms with Crippen LogP contribution in [0.5, 0.6) is 11.5 Å². The number of hydrogen-bond donors (Lipinski definition) is 1. The Labute approximate surface area is 234 Å². The van der Waals surface area contributed by atoms with Gasteiger partial charge in [-0.1, -0.05) is 66.2 Å². The zero-order chi connectivity index (χ0) is 26.0. The van der Waals surface area contributed by atoms with Gasteiger partial charge in [-0.15, -0.1) is 0 Å². The van der Waals surface area contributed by atoms with Gasteiger partial charge in [0.25, 0.3) is 5.91 Å². The summed E-state index contributed by atoms with van der Waals surface area (Å²) in [5.74, 6) is 0.883. The molecule has 0 saturated heterocycles. The second-order valence-electron chi connectivity index (χ2n) is 7.99. The van der Waals surface area contributed by atoms with Gasteiger partial charge in [-0.25, -0.2) is 0 Å². The van der Waals surface area contributed by atoms with Crippen LogP contribution in [0.3, 0.4) is 0 Å². The molecular formula is C30H22ClIN2O3. The van der Waals surface area contributed by atoms with Gasteiger partial charge in [0.15, 0.2) is 0 Å². The molecule has 0 unspecified atom stereocenters. The lowest BCUT2D eigenvalue weighted by molar-refractivity contribution is -0.112. The third kappa shape index (κ3) is 7.59. The van der Waals surface area contributed by atoms with Crippen molar-refractivity contribution in [3.63, 3.8) is 0 Å². The van der Waals surface area contributed by atoms with Crippen LogP contribution in [0.25, 0.3) is 6.08 Å². The average molecular weight is 621 g/mol. The summed E-state index contributed by atoms with van der Waals surface area (Å²) >= 11 is 8.36. The molecule has 7 heteroatoms. The van der Waals surface area contributed by atoms with E-state index in [0.29, 0.717) is 41.0 Å². The van der Waals surface area contributed by atoms with Crippen molar-refractivity contribution in [2.75, 3.05) is 5.32 Å². The lowest BCUT2D eigenvalue weighted by atomic mass is 10.1. The maximum absolute atomic E-state index is 12.7. The summed E-state index contributed by atoms with van der Waals surface area (Å²) in [6.45, 7) is 0.795. The summed E-state index contributed by atoms with van der Waals surface area (Å²) in [6, 6.07) is 31.9. The van der Waals surface area contributed by atoms with Crippen LogP contribution in [0.15, 0.2) is 103 Å². The Bertz CT molecular complexity index is 1450. The topological polar surface area (TPSA) is 71.3 Å². The number of benzene rings is 4. The molecule has 0 atom stereocenters. The number of nitriles is 1.